The number of piperidine rings is 1. The predicted octanol–water partition coefficient (Wildman–Crippen LogP) is 0.975. The Kier molecular flexibility index (Phi) is 9.33. The molecule has 0 bridgehead atoms. The third-order valence-corrected chi connectivity index (χ3v) is 3.64. The third kappa shape index (κ3) is 5.54. The van der Waals surface area contributed by atoms with Crippen molar-refractivity contribution in [1.29, 1.82) is 0 Å². The predicted molar refractivity (Wildman–Crippen MR) is 81.7 cm³/mol. The standard InChI is InChI=1S/C13H26N4O2.ClH/c1-2-3-7-11(16-13(15)19)12(18)17-8-5-4-6-10(17)9-14;/h10-11H,2-9,14H2,1H3,(H3,15,16,19);1H. The molecule has 0 aromatic carbocycles. The summed E-state index contributed by atoms with van der Waals surface area (Å²) >= 11 is 0. The van der Waals surface area contributed by atoms with Crippen LogP contribution in [-0.2, 0) is 4.79 Å². The third-order valence-electron chi connectivity index (χ3n) is 3.64. The smallest absolute Gasteiger partial charge is 0.312 e. The highest BCUT2D eigenvalue weighted by Gasteiger charge is 2.30. The monoisotopic (exact) mass is 306 g/mol. The number of unbranched alkanes of at least 4 members (excludes halogenated alkanes) is 1. The summed E-state index contributed by atoms with van der Waals surface area (Å²) in [4.78, 5) is 25.4. The summed E-state index contributed by atoms with van der Waals surface area (Å²) in [6.45, 7) is 3.25. The maximum atomic E-state index is 12.5. The Balaban J connectivity index is 0.00000361. The van der Waals surface area contributed by atoms with E-state index < -0.39 is 12.1 Å². The van der Waals surface area contributed by atoms with E-state index in [4.69, 9.17) is 11.5 Å². The van der Waals surface area contributed by atoms with E-state index in [0.717, 1.165) is 38.6 Å². The quantitative estimate of drug-likeness (QED) is 0.681. The second kappa shape index (κ2) is 9.83. The molecule has 1 aliphatic rings. The van der Waals surface area contributed by atoms with Gasteiger partial charge in [-0.05, 0) is 25.7 Å². The Hall–Kier alpha value is -1.01. The summed E-state index contributed by atoms with van der Waals surface area (Å²) in [7, 11) is 0. The van der Waals surface area contributed by atoms with Gasteiger partial charge >= 0.3 is 6.03 Å². The summed E-state index contributed by atoms with van der Waals surface area (Å²) in [5.74, 6) is -0.0394. The van der Waals surface area contributed by atoms with Gasteiger partial charge in [-0.25, -0.2) is 4.79 Å². The number of amides is 3. The van der Waals surface area contributed by atoms with E-state index in [2.05, 4.69) is 12.2 Å². The Morgan fingerprint density at radius 1 is 1.40 bits per heavy atom. The molecule has 2 unspecified atom stereocenters. The second-order valence-electron chi connectivity index (χ2n) is 5.12. The zero-order valence-corrected chi connectivity index (χ0v) is 13.0. The Bertz CT molecular complexity index is 315. The highest BCUT2D eigenvalue weighted by Crippen LogP contribution is 2.18. The lowest BCUT2D eigenvalue weighted by Crippen LogP contribution is -2.55. The number of urea groups is 1. The molecular weight excluding hydrogens is 280 g/mol. The van der Waals surface area contributed by atoms with Crippen molar-refractivity contribution in [2.24, 2.45) is 11.5 Å². The molecule has 0 aromatic rings. The minimum Gasteiger partial charge on any atom is -0.352 e. The van der Waals surface area contributed by atoms with Crippen LogP contribution in [0.1, 0.15) is 45.4 Å². The van der Waals surface area contributed by atoms with Crippen molar-refractivity contribution in [2.45, 2.75) is 57.5 Å². The van der Waals surface area contributed by atoms with Gasteiger partial charge in [0, 0.05) is 19.1 Å². The van der Waals surface area contributed by atoms with Crippen LogP contribution in [0.2, 0.25) is 0 Å². The Labute approximate surface area is 127 Å². The maximum absolute atomic E-state index is 12.5. The van der Waals surface area contributed by atoms with Crippen LogP contribution in [-0.4, -0.2) is 42.0 Å². The molecule has 1 rings (SSSR count). The molecule has 1 heterocycles. The molecule has 3 amide bonds. The topological polar surface area (TPSA) is 101 Å². The SMILES string of the molecule is CCCCC(NC(N)=O)C(=O)N1CCCCC1CN.Cl. The van der Waals surface area contributed by atoms with Crippen LogP contribution in [0.3, 0.4) is 0 Å². The fourth-order valence-electron chi connectivity index (χ4n) is 2.57. The number of hydrogen-bond acceptors (Lipinski definition) is 3. The fraction of sp³-hybridized carbons (Fsp3) is 0.846. The van der Waals surface area contributed by atoms with Gasteiger partial charge in [0.15, 0.2) is 0 Å². The molecule has 7 heteroatoms. The number of halogens is 1. The molecule has 1 saturated heterocycles. The highest BCUT2D eigenvalue weighted by atomic mass is 35.5. The van der Waals surface area contributed by atoms with Crippen LogP contribution in [0.25, 0.3) is 0 Å². The molecule has 6 nitrogen and oxygen atoms in total. The number of likely N-dealkylation sites (tertiary alicyclic amines) is 1. The number of primary amides is 1. The van der Waals surface area contributed by atoms with Gasteiger partial charge in [0.25, 0.3) is 0 Å². The zero-order chi connectivity index (χ0) is 14.3. The number of carbonyl (C=O) groups excluding carboxylic acids is 2. The molecule has 20 heavy (non-hydrogen) atoms. The van der Waals surface area contributed by atoms with Crippen molar-refractivity contribution < 1.29 is 9.59 Å². The number of nitrogens with zero attached hydrogens (tertiary/aromatic N) is 1. The van der Waals surface area contributed by atoms with Crippen molar-refractivity contribution >= 4 is 24.3 Å². The van der Waals surface area contributed by atoms with E-state index in [1.807, 2.05) is 4.90 Å². The van der Waals surface area contributed by atoms with Crippen molar-refractivity contribution in [1.82, 2.24) is 10.2 Å². The first kappa shape index (κ1) is 19.0. The van der Waals surface area contributed by atoms with E-state index in [1.165, 1.54) is 0 Å². The van der Waals surface area contributed by atoms with Gasteiger partial charge < -0.3 is 21.7 Å². The van der Waals surface area contributed by atoms with E-state index in [0.29, 0.717) is 13.0 Å². The molecule has 1 fully saturated rings. The van der Waals surface area contributed by atoms with Gasteiger partial charge in [-0.3, -0.25) is 4.79 Å². The molecule has 1 aliphatic heterocycles. The number of carbonyl (C=O) groups is 2. The van der Waals surface area contributed by atoms with Crippen LogP contribution in [0.4, 0.5) is 4.79 Å². The van der Waals surface area contributed by atoms with E-state index in [9.17, 15) is 9.59 Å². The molecule has 0 aliphatic carbocycles. The van der Waals surface area contributed by atoms with Crippen LogP contribution >= 0.6 is 12.4 Å². The minimum absolute atomic E-state index is 0. The maximum Gasteiger partial charge on any atom is 0.312 e. The molecule has 2 atom stereocenters. The van der Waals surface area contributed by atoms with E-state index in [-0.39, 0.29) is 24.4 Å². The van der Waals surface area contributed by atoms with Crippen molar-refractivity contribution in [3.05, 3.63) is 0 Å². The first-order chi connectivity index (χ1) is 9.10. The number of nitrogens with one attached hydrogen (secondary N) is 1. The van der Waals surface area contributed by atoms with Crippen molar-refractivity contribution in [3.63, 3.8) is 0 Å². The fourth-order valence-corrected chi connectivity index (χ4v) is 2.57. The van der Waals surface area contributed by atoms with Crippen molar-refractivity contribution in [2.75, 3.05) is 13.1 Å². The summed E-state index contributed by atoms with van der Waals surface area (Å²) in [5.41, 5.74) is 10.9. The van der Waals surface area contributed by atoms with Gasteiger partial charge in [-0.2, -0.15) is 0 Å². The molecule has 0 spiro atoms. The van der Waals surface area contributed by atoms with Crippen LogP contribution in [0.5, 0.6) is 0 Å². The molecule has 0 saturated carbocycles. The van der Waals surface area contributed by atoms with Gasteiger partial charge in [-0.1, -0.05) is 19.8 Å². The number of nitrogens with two attached hydrogens (primary N) is 2. The Morgan fingerprint density at radius 2 is 2.10 bits per heavy atom. The zero-order valence-electron chi connectivity index (χ0n) is 12.1. The van der Waals surface area contributed by atoms with Gasteiger partial charge in [0.1, 0.15) is 6.04 Å². The van der Waals surface area contributed by atoms with Crippen LogP contribution in [0.15, 0.2) is 0 Å². The first-order valence-corrected chi connectivity index (χ1v) is 7.16. The number of rotatable bonds is 6. The summed E-state index contributed by atoms with van der Waals surface area (Å²) in [6.07, 6.45) is 5.54. The van der Waals surface area contributed by atoms with Gasteiger partial charge in [-0.15, -0.1) is 12.4 Å². The highest BCUT2D eigenvalue weighted by molar-refractivity contribution is 5.86. The molecule has 118 valence electrons. The van der Waals surface area contributed by atoms with Gasteiger partial charge in [0.05, 0.1) is 0 Å². The van der Waals surface area contributed by atoms with E-state index in [1.54, 1.807) is 0 Å². The lowest BCUT2D eigenvalue weighted by Gasteiger charge is -2.37. The summed E-state index contributed by atoms with van der Waals surface area (Å²) in [6, 6.07) is -1.06. The average Bonchev–Trinajstić information content (AvgIpc) is 2.42. The summed E-state index contributed by atoms with van der Waals surface area (Å²) in [5, 5.41) is 2.56. The normalized spacial score (nSPS) is 19.9. The lowest BCUT2D eigenvalue weighted by atomic mass is 9.99. The molecule has 0 aromatic heterocycles. The molecule has 5 N–H and O–H groups in total. The van der Waals surface area contributed by atoms with Crippen molar-refractivity contribution in [3.8, 4) is 0 Å². The van der Waals surface area contributed by atoms with Gasteiger partial charge in [0.2, 0.25) is 5.91 Å². The average molecular weight is 307 g/mol. The number of hydrogen-bond donors (Lipinski definition) is 3. The first-order valence-electron chi connectivity index (χ1n) is 7.16. The second-order valence-corrected chi connectivity index (χ2v) is 5.12. The van der Waals surface area contributed by atoms with E-state index >= 15 is 0 Å². The Morgan fingerprint density at radius 3 is 2.65 bits per heavy atom. The summed E-state index contributed by atoms with van der Waals surface area (Å²) < 4.78 is 0. The minimum atomic E-state index is -0.643. The molecule has 0 radical (unpaired) electrons. The lowest BCUT2D eigenvalue weighted by molar-refractivity contribution is -0.136. The molecular formula is C13H27ClN4O2. The van der Waals surface area contributed by atoms with Crippen LogP contribution in [0, 0.1) is 0 Å². The largest absolute Gasteiger partial charge is 0.352 e. The van der Waals surface area contributed by atoms with Crippen LogP contribution < -0.4 is 16.8 Å².